The Morgan fingerprint density at radius 1 is 1.45 bits per heavy atom. The molecule has 20 heavy (non-hydrogen) atoms. The summed E-state index contributed by atoms with van der Waals surface area (Å²) in [6.07, 6.45) is 5.27. The molecule has 3 N–H and O–H groups in total. The quantitative estimate of drug-likeness (QED) is 0.783. The first-order valence-corrected chi connectivity index (χ1v) is 9.12. The van der Waals surface area contributed by atoms with Crippen LogP contribution in [0.1, 0.15) is 19.3 Å². The van der Waals surface area contributed by atoms with E-state index in [2.05, 4.69) is 4.72 Å². The maximum atomic E-state index is 12.4. The second kappa shape index (κ2) is 5.83. The van der Waals surface area contributed by atoms with Gasteiger partial charge in [-0.05, 0) is 37.3 Å². The molecule has 0 bridgehead atoms. The monoisotopic (exact) mass is 316 g/mol. The third-order valence-corrected chi connectivity index (χ3v) is 6.60. The number of sulfonamides is 1. The molecule has 1 saturated carbocycles. The van der Waals surface area contributed by atoms with Crippen molar-refractivity contribution in [3.8, 4) is 5.75 Å². The number of rotatable bonds is 6. The van der Waals surface area contributed by atoms with E-state index in [1.807, 2.05) is 6.26 Å². The molecular weight excluding hydrogens is 296 g/mol. The van der Waals surface area contributed by atoms with Gasteiger partial charge in [-0.15, -0.1) is 0 Å². The Morgan fingerprint density at radius 2 is 2.15 bits per heavy atom. The number of hydrogen-bond donors (Lipinski definition) is 2. The zero-order valence-corrected chi connectivity index (χ0v) is 13.3. The largest absolute Gasteiger partial charge is 0.495 e. The van der Waals surface area contributed by atoms with Crippen LogP contribution in [0, 0.1) is 0 Å². The van der Waals surface area contributed by atoms with Crippen LogP contribution in [0.5, 0.6) is 5.75 Å². The Balaban J connectivity index is 2.20. The van der Waals surface area contributed by atoms with Gasteiger partial charge < -0.3 is 10.5 Å². The number of ether oxygens (including phenoxy) is 1. The standard InChI is InChI=1S/C13H20N2O3S2/c1-18-11-5-4-10(14)8-12(11)20(16,17)15-9-13(19-2)6-3-7-13/h4-5,8,15H,3,6-7,9,14H2,1-2H3. The van der Waals surface area contributed by atoms with Crippen molar-refractivity contribution in [1.82, 2.24) is 4.72 Å². The van der Waals surface area contributed by atoms with E-state index in [4.69, 9.17) is 10.5 Å². The third-order valence-electron chi connectivity index (χ3n) is 3.76. The molecule has 1 aromatic rings. The van der Waals surface area contributed by atoms with Crippen LogP contribution in [0.2, 0.25) is 0 Å². The van der Waals surface area contributed by atoms with Crippen LogP contribution in [-0.2, 0) is 10.0 Å². The maximum absolute atomic E-state index is 12.4. The van der Waals surface area contributed by atoms with Gasteiger partial charge in [-0.25, -0.2) is 13.1 Å². The number of nitrogen functional groups attached to an aromatic ring is 1. The fraction of sp³-hybridized carbons (Fsp3) is 0.538. The van der Waals surface area contributed by atoms with Crippen molar-refractivity contribution in [3.05, 3.63) is 18.2 Å². The summed E-state index contributed by atoms with van der Waals surface area (Å²) < 4.78 is 32.7. The number of nitrogens with two attached hydrogens (primary N) is 1. The van der Waals surface area contributed by atoms with Crippen molar-refractivity contribution < 1.29 is 13.2 Å². The Hall–Kier alpha value is -0.920. The first-order chi connectivity index (χ1) is 9.42. The zero-order chi connectivity index (χ0) is 14.8. The van der Waals surface area contributed by atoms with Crippen LogP contribution in [0.3, 0.4) is 0 Å². The molecule has 0 spiro atoms. The highest BCUT2D eigenvalue weighted by molar-refractivity contribution is 8.00. The molecule has 2 rings (SSSR count). The summed E-state index contributed by atoms with van der Waals surface area (Å²) >= 11 is 1.73. The molecule has 0 heterocycles. The van der Waals surface area contributed by atoms with Crippen LogP contribution < -0.4 is 15.2 Å². The van der Waals surface area contributed by atoms with Crippen LogP contribution in [0.15, 0.2) is 23.1 Å². The average molecular weight is 316 g/mol. The highest BCUT2D eigenvalue weighted by Crippen LogP contribution is 2.42. The van der Waals surface area contributed by atoms with E-state index in [0.29, 0.717) is 18.0 Å². The molecule has 112 valence electrons. The van der Waals surface area contributed by atoms with Gasteiger partial charge in [0.15, 0.2) is 0 Å². The SMILES string of the molecule is COc1ccc(N)cc1S(=O)(=O)NCC1(SC)CCC1. The molecule has 0 radical (unpaired) electrons. The van der Waals surface area contributed by atoms with Gasteiger partial charge in [0.05, 0.1) is 7.11 Å². The number of hydrogen-bond acceptors (Lipinski definition) is 5. The van der Waals surface area contributed by atoms with Crippen molar-refractivity contribution in [1.29, 1.82) is 0 Å². The second-order valence-electron chi connectivity index (χ2n) is 4.98. The zero-order valence-electron chi connectivity index (χ0n) is 11.7. The average Bonchev–Trinajstić information content (AvgIpc) is 2.38. The van der Waals surface area contributed by atoms with E-state index in [1.165, 1.54) is 13.2 Å². The van der Waals surface area contributed by atoms with E-state index >= 15 is 0 Å². The number of methoxy groups -OCH3 is 1. The molecule has 1 fully saturated rings. The maximum Gasteiger partial charge on any atom is 0.244 e. The number of anilines is 1. The third kappa shape index (κ3) is 3.05. The Labute approximate surface area is 124 Å². The van der Waals surface area contributed by atoms with E-state index in [-0.39, 0.29) is 9.64 Å². The summed E-state index contributed by atoms with van der Waals surface area (Å²) in [5.41, 5.74) is 6.07. The lowest BCUT2D eigenvalue weighted by Crippen LogP contribution is -2.45. The molecular formula is C13H20N2O3S2. The topological polar surface area (TPSA) is 81.4 Å². The van der Waals surface area contributed by atoms with Gasteiger partial charge in [-0.3, -0.25) is 0 Å². The van der Waals surface area contributed by atoms with E-state index in [9.17, 15) is 8.42 Å². The molecule has 1 aliphatic rings. The van der Waals surface area contributed by atoms with Crippen molar-refractivity contribution >= 4 is 27.5 Å². The minimum Gasteiger partial charge on any atom is -0.495 e. The number of benzene rings is 1. The van der Waals surface area contributed by atoms with Gasteiger partial charge >= 0.3 is 0 Å². The fourth-order valence-corrected chi connectivity index (χ4v) is 4.57. The van der Waals surface area contributed by atoms with E-state index in [1.54, 1.807) is 23.9 Å². The predicted octanol–water partition coefficient (Wildman–Crippen LogP) is 1.84. The first-order valence-electron chi connectivity index (χ1n) is 6.41. The molecule has 7 heteroatoms. The molecule has 0 atom stereocenters. The Bertz CT molecular complexity index is 578. The van der Waals surface area contributed by atoms with Crippen molar-refractivity contribution in [2.24, 2.45) is 0 Å². The second-order valence-corrected chi connectivity index (χ2v) is 7.99. The lowest BCUT2D eigenvalue weighted by molar-refractivity contribution is 0.361. The number of nitrogens with one attached hydrogen (secondary N) is 1. The molecule has 1 aliphatic carbocycles. The predicted molar refractivity (Wildman–Crippen MR) is 82.7 cm³/mol. The van der Waals surface area contributed by atoms with Crippen LogP contribution in [0.4, 0.5) is 5.69 Å². The minimum atomic E-state index is -3.61. The lowest BCUT2D eigenvalue weighted by Gasteiger charge is -2.40. The van der Waals surface area contributed by atoms with Gasteiger partial charge in [0.25, 0.3) is 0 Å². The van der Waals surface area contributed by atoms with Gasteiger partial charge in [-0.1, -0.05) is 6.42 Å². The van der Waals surface area contributed by atoms with Crippen LogP contribution >= 0.6 is 11.8 Å². The van der Waals surface area contributed by atoms with Crippen LogP contribution in [-0.4, -0.2) is 33.1 Å². The summed E-state index contributed by atoms with van der Waals surface area (Å²) in [5.74, 6) is 0.304. The summed E-state index contributed by atoms with van der Waals surface area (Å²) in [6.45, 7) is 0.439. The van der Waals surface area contributed by atoms with Crippen molar-refractivity contribution in [3.63, 3.8) is 0 Å². The summed E-state index contributed by atoms with van der Waals surface area (Å²) in [4.78, 5) is 0.0931. The summed E-state index contributed by atoms with van der Waals surface area (Å²) in [5, 5.41) is 0. The lowest BCUT2D eigenvalue weighted by atomic mass is 9.84. The van der Waals surface area contributed by atoms with Gasteiger partial charge in [0.2, 0.25) is 10.0 Å². The molecule has 0 aliphatic heterocycles. The molecule has 1 aromatic carbocycles. The highest BCUT2D eigenvalue weighted by atomic mass is 32.2. The van der Waals surface area contributed by atoms with E-state index in [0.717, 1.165) is 19.3 Å². The van der Waals surface area contributed by atoms with Crippen molar-refractivity contribution in [2.75, 3.05) is 25.6 Å². The van der Waals surface area contributed by atoms with Crippen LogP contribution in [0.25, 0.3) is 0 Å². The Kier molecular flexibility index (Phi) is 4.51. The first kappa shape index (κ1) is 15.5. The highest BCUT2D eigenvalue weighted by Gasteiger charge is 2.37. The molecule has 0 unspecified atom stereocenters. The molecule has 5 nitrogen and oxygen atoms in total. The van der Waals surface area contributed by atoms with Gasteiger partial charge in [-0.2, -0.15) is 11.8 Å². The molecule has 0 aromatic heterocycles. The summed E-state index contributed by atoms with van der Waals surface area (Å²) in [6, 6.07) is 4.61. The summed E-state index contributed by atoms with van der Waals surface area (Å²) in [7, 11) is -2.17. The molecule has 0 saturated heterocycles. The normalized spacial score (nSPS) is 17.5. The van der Waals surface area contributed by atoms with Gasteiger partial charge in [0, 0.05) is 17.0 Å². The molecule has 0 amide bonds. The Morgan fingerprint density at radius 3 is 2.65 bits per heavy atom. The fourth-order valence-electron chi connectivity index (χ4n) is 2.23. The number of thioether (sulfide) groups is 1. The van der Waals surface area contributed by atoms with E-state index < -0.39 is 10.0 Å². The van der Waals surface area contributed by atoms with Crippen molar-refractivity contribution in [2.45, 2.75) is 28.9 Å². The van der Waals surface area contributed by atoms with Gasteiger partial charge in [0.1, 0.15) is 10.6 Å². The smallest absolute Gasteiger partial charge is 0.244 e. The minimum absolute atomic E-state index is 0.0423.